The van der Waals surface area contributed by atoms with Crippen LogP contribution < -0.4 is 5.32 Å². The molecule has 0 spiro atoms. The summed E-state index contributed by atoms with van der Waals surface area (Å²) in [4.78, 5) is 35.5. The van der Waals surface area contributed by atoms with Crippen molar-refractivity contribution in [2.24, 2.45) is 5.92 Å². The van der Waals surface area contributed by atoms with Crippen molar-refractivity contribution in [2.75, 3.05) is 7.05 Å². The third-order valence-corrected chi connectivity index (χ3v) is 3.50. The molecule has 0 radical (unpaired) electrons. The van der Waals surface area contributed by atoms with Crippen molar-refractivity contribution < 1.29 is 19.5 Å². The molecule has 1 aliphatic carbocycles. The Morgan fingerprint density at radius 3 is 2.37 bits per heavy atom. The maximum Gasteiger partial charge on any atom is 0.324 e. The third kappa shape index (κ3) is 5.28. The van der Waals surface area contributed by atoms with Gasteiger partial charge in [0.1, 0.15) is 0 Å². The molecule has 0 aliphatic heterocycles. The van der Waals surface area contributed by atoms with E-state index >= 15 is 0 Å². The number of carbonyl (C=O) groups excluding carboxylic acids is 2. The number of carbonyl (C=O) groups is 3. The summed E-state index contributed by atoms with van der Waals surface area (Å²) in [5, 5.41) is 10.9. The second kappa shape index (κ2) is 7.11. The van der Waals surface area contributed by atoms with Gasteiger partial charge in [-0.25, -0.2) is 4.79 Å². The Kier molecular flexibility index (Phi) is 5.79. The van der Waals surface area contributed by atoms with Gasteiger partial charge < -0.3 is 10.0 Å². The molecular formula is C13H22N2O4. The Morgan fingerprint density at radius 2 is 1.84 bits per heavy atom. The maximum atomic E-state index is 11.8. The van der Waals surface area contributed by atoms with Gasteiger partial charge in [-0.2, -0.15) is 0 Å². The van der Waals surface area contributed by atoms with Gasteiger partial charge in [0.05, 0.1) is 0 Å². The van der Waals surface area contributed by atoms with Crippen LogP contribution in [0.2, 0.25) is 0 Å². The normalized spacial score (nSPS) is 16.9. The second-order valence-electron chi connectivity index (χ2n) is 5.31. The first kappa shape index (κ1) is 15.5. The number of carboxylic acids is 1. The van der Waals surface area contributed by atoms with Gasteiger partial charge in [-0.15, -0.1) is 0 Å². The van der Waals surface area contributed by atoms with E-state index in [2.05, 4.69) is 5.32 Å². The lowest BCUT2D eigenvalue weighted by molar-refractivity contribution is -0.138. The molecule has 0 aromatic rings. The Labute approximate surface area is 113 Å². The van der Waals surface area contributed by atoms with E-state index in [-0.39, 0.29) is 30.8 Å². The van der Waals surface area contributed by atoms with E-state index in [0.717, 1.165) is 25.7 Å². The Bertz CT molecular complexity index is 351. The molecule has 3 amide bonds. The van der Waals surface area contributed by atoms with Crippen molar-refractivity contribution in [1.29, 1.82) is 0 Å². The number of nitrogens with zero attached hydrogens (tertiary/aromatic N) is 1. The van der Waals surface area contributed by atoms with Crippen LogP contribution in [-0.2, 0) is 9.59 Å². The van der Waals surface area contributed by atoms with Crippen LogP contribution in [0.15, 0.2) is 0 Å². The first-order chi connectivity index (χ1) is 8.90. The number of carboxylic acid groups (broad SMARTS) is 1. The largest absolute Gasteiger partial charge is 0.481 e. The van der Waals surface area contributed by atoms with Crippen LogP contribution in [0.3, 0.4) is 0 Å². The number of urea groups is 1. The Hall–Kier alpha value is -1.59. The van der Waals surface area contributed by atoms with Crippen LogP contribution in [0, 0.1) is 5.92 Å². The fourth-order valence-electron chi connectivity index (χ4n) is 2.40. The molecule has 2 N–H and O–H groups in total. The molecule has 1 rings (SSSR count). The van der Waals surface area contributed by atoms with E-state index in [1.807, 2.05) is 0 Å². The molecule has 0 aromatic heterocycles. The standard InChI is InChI=1S/C13H22N2O4/c1-9(8-12(17)18)7-11(16)14-13(19)15(2)10-5-3-4-6-10/h9-10H,3-8H2,1-2H3,(H,17,18)(H,14,16,19). The molecule has 0 aromatic carbocycles. The van der Waals surface area contributed by atoms with Crippen molar-refractivity contribution in [3.63, 3.8) is 0 Å². The van der Waals surface area contributed by atoms with Gasteiger partial charge in [0.15, 0.2) is 0 Å². The minimum atomic E-state index is -0.935. The van der Waals surface area contributed by atoms with E-state index in [1.54, 1.807) is 18.9 Å². The highest BCUT2D eigenvalue weighted by Crippen LogP contribution is 2.22. The van der Waals surface area contributed by atoms with Crippen molar-refractivity contribution in [2.45, 2.75) is 51.5 Å². The highest BCUT2D eigenvalue weighted by molar-refractivity contribution is 5.94. The number of hydrogen-bond donors (Lipinski definition) is 2. The van der Waals surface area contributed by atoms with Crippen LogP contribution in [0.25, 0.3) is 0 Å². The predicted octanol–water partition coefficient (Wildman–Crippen LogP) is 1.60. The average Bonchev–Trinajstić information content (AvgIpc) is 2.79. The van der Waals surface area contributed by atoms with Crippen molar-refractivity contribution in [3.05, 3.63) is 0 Å². The molecule has 1 aliphatic rings. The topological polar surface area (TPSA) is 86.7 Å². The van der Waals surface area contributed by atoms with Gasteiger partial charge in [0.25, 0.3) is 0 Å². The smallest absolute Gasteiger partial charge is 0.324 e. The van der Waals surface area contributed by atoms with E-state index in [1.165, 1.54) is 0 Å². The van der Waals surface area contributed by atoms with Gasteiger partial charge >= 0.3 is 12.0 Å². The summed E-state index contributed by atoms with van der Waals surface area (Å²) in [5.41, 5.74) is 0. The molecule has 19 heavy (non-hydrogen) atoms. The SMILES string of the molecule is CC(CC(=O)O)CC(=O)NC(=O)N(C)C1CCCC1. The molecule has 6 nitrogen and oxygen atoms in total. The molecular weight excluding hydrogens is 248 g/mol. The van der Waals surface area contributed by atoms with Crippen molar-refractivity contribution in [3.8, 4) is 0 Å². The van der Waals surface area contributed by atoms with Gasteiger partial charge in [-0.3, -0.25) is 14.9 Å². The summed E-state index contributed by atoms with van der Waals surface area (Å²) < 4.78 is 0. The zero-order chi connectivity index (χ0) is 14.4. The monoisotopic (exact) mass is 270 g/mol. The lowest BCUT2D eigenvalue weighted by atomic mass is 10.0. The number of amides is 3. The lowest BCUT2D eigenvalue weighted by Crippen LogP contribution is -2.45. The minimum absolute atomic E-state index is 0.0521. The molecule has 0 heterocycles. The summed E-state index contributed by atoms with van der Waals surface area (Å²) in [6.45, 7) is 1.68. The van der Waals surface area contributed by atoms with Gasteiger partial charge in [0.2, 0.25) is 5.91 Å². The first-order valence-electron chi connectivity index (χ1n) is 6.68. The molecule has 0 saturated heterocycles. The van der Waals surface area contributed by atoms with Gasteiger partial charge in [0, 0.05) is 25.9 Å². The van der Waals surface area contributed by atoms with Crippen LogP contribution in [0.1, 0.15) is 45.4 Å². The number of rotatable bonds is 5. The third-order valence-electron chi connectivity index (χ3n) is 3.50. The fraction of sp³-hybridized carbons (Fsp3) is 0.769. The highest BCUT2D eigenvalue weighted by atomic mass is 16.4. The summed E-state index contributed by atoms with van der Waals surface area (Å²) in [7, 11) is 1.69. The number of aliphatic carboxylic acids is 1. The molecule has 108 valence electrons. The van der Waals surface area contributed by atoms with E-state index < -0.39 is 11.9 Å². The molecule has 1 unspecified atom stereocenters. The number of hydrogen-bond acceptors (Lipinski definition) is 3. The van der Waals surface area contributed by atoms with Crippen molar-refractivity contribution >= 4 is 17.9 Å². The zero-order valence-corrected chi connectivity index (χ0v) is 11.5. The first-order valence-corrected chi connectivity index (χ1v) is 6.68. The second-order valence-corrected chi connectivity index (χ2v) is 5.31. The molecule has 1 saturated carbocycles. The maximum absolute atomic E-state index is 11.8. The van der Waals surface area contributed by atoms with E-state index in [4.69, 9.17) is 5.11 Å². The zero-order valence-electron chi connectivity index (χ0n) is 11.5. The molecule has 1 atom stereocenters. The predicted molar refractivity (Wildman–Crippen MR) is 69.6 cm³/mol. The average molecular weight is 270 g/mol. The molecule has 1 fully saturated rings. The van der Waals surface area contributed by atoms with Gasteiger partial charge in [-0.1, -0.05) is 19.8 Å². The summed E-state index contributed by atoms with van der Waals surface area (Å²) in [6.07, 6.45) is 4.18. The Balaban J connectivity index is 2.34. The van der Waals surface area contributed by atoms with Crippen molar-refractivity contribution in [1.82, 2.24) is 10.2 Å². The Morgan fingerprint density at radius 1 is 1.26 bits per heavy atom. The minimum Gasteiger partial charge on any atom is -0.481 e. The number of nitrogens with one attached hydrogen (secondary N) is 1. The summed E-state index contributed by atoms with van der Waals surface area (Å²) in [5.74, 6) is -1.62. The highest BCUT2D eigenvalue weighted by Gasteiger charge is 2.24. The van der Waals surface area contributed by atoms with E-state index in [9.17, 15) is 14.4 Å². The summed E-state index contributed by atoms with van der Waals surface area (Å²) >= 11 is 0. The molecule has 0 bridgehead atoms. The van der Waals surface area contributed by atoms with Crippen LogP contribution in [0.5, 0.6) is 0 Å². The quantitative estimate of drug-likeness (QED) is 0.794. The molecule has 6 heteroatoms. The van der Waals surface area contributed by atoms with Gasteiger partial charge in [-0.05, 0) is 18.8 Å². The van der Waals surface area contributed by atoms with Crippen LogP contribution in [-0.4, -0.2) is 41.0 Å². The fourth-order valence-corrected chi connectivity index (χ4v) is 2.40. The van der Waals surface area contributed by atoms with Crippen LogP contribution >= 0.6 is 0 Å². The van der Waals surface area contributed by atoms with E-state index in [0.29, 0.717) is 0 Å². The number of imide groups is 1. The lowest BCUT2D eigenvalue weighted by Gasteiger charge is -2.24. The summed E-state index contributed by atoms with van der Waals surface area (Å²) in [6, 6.07) is -0.177. The van der Waals surface area contributed by atoms with Crippen LogP contribution in [0.4, 0.5) is 4.79 Å².